The minimum Gasteiger partial charge on any atom is -0.383 e. The van der Waals surface area contributed by atoms with Crippen molar-refractivity contribution in [1.82, 2.24) is 15.3 Å². The largest absolute Gasteiger partial charge is 0.383 e. The van der Waals surface area contributed by atoms with Gasteiger partial charge in [0.2, 0.25) is 0 Å². The Kier molecular flexibility index (Phi) is 8.54. The third-order valence-electron chi connectivity index (χ3n) is 3.92. The fourth-order valence-corrected chi connectivity index (χ4v) is 3.40. The molecule has 0 fully saturated rings. The van der Waals surface area contributed by atoms with Crippen molar-refractivity contribution in [3.63, 3.8) is 0 Å². The van der Waals surface area contributed by atoms with Crippen LogP contribution in [0.1, 0.15) is 35.0 Å². The number of methoxy groups -OCH3 is 1. The Morgan fingerprint density at radius 2 is 2.11 bits per heavy atom. The molecule has 0 saturated heterocycles. The van der Waals surface area contributed by atoms with Gasteiger partial charge in [0.15, 0.2) is 5.16 Å². The number of hydrogen-bond donors (Lipinski definition) is 1. The molecule has 0 saturated carbocycles. The van der Waals surface area contributed by atoms with Crippen LogP contribution in [-0.4, -0.2) is 49.7 Å². The van der Waals surface area contributed by atoms with Gasteiger partial charge in [0.25, 0.3) is 5.91 Å². The molecule has 0 unspecified atom stereocenters. The summed E-state index contributed by atoms with van der Waals surface area (Å²) in [6.07, 6.45) is 1.07. The molecule has 1 aromatic carbocycles. The van der Waals surface area contributed by atoms with Crippen molar-refractivity contribution >= 4 is 23.5 Å². The van der Waals surface area contributed by atoms with Crippen LogP contribution < -0.4 is 10.2 Å². The summed E-state index contributed by atoms with van der Waals surface area (Å²) in [5, 5.41) is 3.59. The second-order valence-corrected chi connectivity index (χ2v) is 7.25. The zero-order valence-electron chi connectivity index (χ0n) is 16.5. The van der Waals surface area contributed by atoms with E-state index in [2.05, 4.69) is 27.1 Å². The highest BCUT2D eigenvalue weighted by Gasteiger charge is 2.09. The summed E-state index contributed by atoms with van der Waals surface area (Å²) in [6.45, 7) is 6.10. The molecule has 0 atom stereocenters. The molecule has 6 nitrogen and oxygen atoms in total. The summed E-state index contributed by atoms with van der Waals surface area (Å²) in [5.74, 6) is 1.56. The average Bonchev–Trinajstić information content (AvgIpc) is 2.66. The van der Waals surface area contributed by atoms with E-state index < -0.39 is 0 Å². The molecule has 0 aliphatic heterocycles. The van der Waals surface area contributed by atoms with Crippen LogP contribution in [0.5, 0.6) is 0 Å². The molecule has 2 rings (SSSR count). The third kappa shape index (κ3) is 6.84. The lowest BCUT2D eigenvalue weighted by molar-refractivity contribution is 0.0937. The number of rotatable bonds is 10. The topological polar surface area (TPSA) is 67.4 Å². The number of aryl methyl sites for hydroxylation is 1. The molecular formula is C20H28N4O2S. The zero-order chi connectivity index (χ0) is 19.6. The number of ether oxygens (including phenoxy) is 1. The van der Waals surface area contributed by atoms with E-state index in [1.807, 2.05) is 44.3 Å². The van der Waals surface area contributed by atoms with E-state index in [4.69, 9.17) is 4.74 Å². The fraction of sp³-hybridized carbons (Fsp3) is 0.450. The Hall–Kier alpha value is -2.12. The number of thioether (sulfide) groups is 1. The number of carbonyl (C=O) groups excluding carboxylic acids is 1. The first kappa shape index (κ1) is 21.2. The van der Waals surface area contributed by atoms with Crippen LogP contribution >= 0.6 is 11.8 Å². The summed E-state index contributed by atoms with van der Waals surface area (Å²) in [6, 6.07) is 9.65. The van der Waals surface area contributed by atoms with E-state index in [1.165, 1.54) is 0 Å². The maximum absolute atomic E-state index is 12.2. The van der Waals surface area contributed by atoms with E-state index >= 15 is 0 Å². The molecule has 0 spiro atoms. The van der Waals surface area contributed by atoms with E-state index in [-0.39, 0.29) is 5.91 Å². The molecule has 7 heteroatoms. The smallest absolute Gasteiger partial charge is 0.251 e. The van der Waals surface area contributed by atoms with Crippen molar-refractivity contribution in [1.29, 1.82) is 0 Å². The van der Waals surface area contributed by atoms with Crippen LogP contribution in [0.25, 0.3) is 0 Å². The Bertz CT molecular complexity index is 755. The number of carbonyl (C=O) groups is 1. The molecule has 0 radical (unpaired) electrons. The van der Waals surface area contributed by atoms with Crippen LogP contribution in [0.4, 0.5) is 5.82 Å². The molecule has 146 valence electrons. The van der Waals surface area contributed by atoms with E-state index in [0.29, 0.717) is 24.5 Å². The molecule has 0 bridgehead atoms. The van der Waals surface area contributed by atoms with Gasteiger partial charge in [-0.2, -0.15) is 0 Å². The van der Waals surface area contributed by atoms with Crippen LogP contribution in [0, 0.1) is 6.92 Å². The van der Waals surface area contributed by atoms with Crippen LogP contribution in [0.15, 0.2) is 35.5 Å². The van der Waals surface area contributed by atoms with E-state index in [1.54, 1.807) is 18.9 Å². The van der Waals surface area contributed by atoms with Gasteiger partial charge in [-0.15, -0.1) is 0 Å². The highest BCUT2D eigenvalue weighted by molar-refractivity contribution is 7.98. The van der Waals surface area contributed by atoms with Gasteiger partial charge in [0.1, 0.15) is 5.82 Å². The number of nitrogens with one attached hydrogen (secondary N) is 1. The monoisotopic (exact) mass is 388 g/mol. The second-order valence-electron chi connectivity index (χ2n) is 6.31. The number of anilines is 1. The standard InChI is InChI=1S/C20H28N4O2S/c1-5-10-24(3)18-12-15(2)22-20(23-18)27-14-16-7-6-8-17(13-16)19(25)21-9-11-26-4/h6-8,12-13H,5,9-11,14H2,1-4H3,(H,21,25). The second kappa shape index (κ2) is 10.9. The SMILES string of the molecule is CCCN(C)c1cc(C)nc(SCc2cccc(C(=O)NCCOC)c2)n1. The van der Waals surface area contributed by atoms with Crippen molar-refractivity contribution in [3.8, 4) is 0 Å². The van der Waals surface area contributed by atoms with Gasteiger partial charge < -0.3 is 15.0 Å². The lowest BCUT2D eigenvalue weighted by atomic mass is 10.1. The Morgan fingerprint density at radius 1 is 1.30 bits per heavy atom. The lowest BCUT2D eigenvalue weighted by Crippen LogP contribution is -2.26. The predicted molar refractivity (Wildman–Crippen MR) is 111 cm³/mol. The summed E-state index contributed by atoms with van der Waals surface area (Å²) in [5.41, 5.74) is 2.67. The van der Waals surface area contributed by atoms with Crippen LogP contribution in [0.2, 0.25) is 0 Å². The van der Waals surface area contributed by atoms with Crippen molar-refractivity contribution in [2.75, 3.05) is 38.8 Å². The summed E-state index contributed by atoms with van der Waals surface area (Å²) in [4.78, 5) is 23.5. The maximum atomic E-state index is 12.2. The van der Waals surface area contributed by atoms with Gasteiger partial charge in [0.05, 0.1) is 6.61 Å². The van der Waals surface area contributed by atoms with Crippen molar-refractivity contribution in [2.45, 2.75) is 31.2 Å². The van der Waals surface area contributed by atoms with E-state index in [0.717, 1.165) is 35.2 Å². The molecule has 2 aromatic rings. The van der Waals surface area contributed by atoms with Crippen molar-refractivity contribution in [2.24, 2.45) is 0 Å². The first-order chi connectivity index (χ1) is 13.0. The quantitative estimate of drug-likeness (QED) is 0.383. The summed E-state index contributed by atoms with van der Waals surface area (Å²) in [7, 11) is 3.66. The van der Waals surface area contributed by atoms with Crippen molar-refractivity contribution < 1.29 is 9.53 Å². The Labute approximate surface area is 165 Å². The van der Waals surface area contributed by atoms with Gasteiger partial charge in [0, 0.05) is 50.3 Å². The van der Waals surface area contributed by atoms with Crippen LogP contribution in [-0.2, 0) is 10.5 Å². The molecule has 1 N–H and O–H groups in total. The summed E-state index contributed by atoms with van der Waals surface area (Å²) < 4.78 is 4.96. The normalized spacial score (nSPS) is 10.7. The average molecular weight is 389 g/mol. The first-order valence-corrected chi connectivity index (χ1v) is 10.1. The van der Waals surface area contributed by atoms with Gasteiger partial charge >= 0.3 is 0 Å². The van der Waals surface area contributed by atoms with E-state index in [9.17, 15) is 4.79 Å². The number of nitrogens with zero attached hydrogens (tertiary/aromatic N) is 3. The molecular weight excluding hydrogens is 360 g/mol. The lowest BCUT2D eigenvalue weighted by Gasteiger charge is -2.18. The number of aromatic nitrogens is 2. The van der Waals surface area contributed by atoms with Crippen LogP contribution in [0.3, 0.4) is 0 Å². The highest BCUT2D eigenvalue weighted by Crippen LogP contribution is 2.23. The zero-order valence-corrected chi connectivity index (χ0v) is 17.3. The Morgan fingerprint density at radius 3 is 2.85 bits per heavy atom. The Balaban J connectivity index is 2.02. The molecule has 1 heterocycles. The van der Waals surface area contributed by atoms with Crippen molar-refractivity contribution in [3.05, 3.63) is 47.2 Å². The van der Waals surface area contributed by atoms with Gasteiger partial charge in [-0.3, -0.25) is 4.79 Å². The predicted octanol–water partition coefficient (Wildman–Crippen LogP) is 3.30. The minimum atomic E-state index is -0.0887. The first-order valence-electron chi connectivity index (χ1n) is 9.09. The fourth-order valence-electron chi connectivity index (χ4n) is 2.55. The third-order valence-corrected chi connectivity index (χ3v) is 4.84. The summed E-state index contributed by atoms with van der Waals surface area (Å²) >= 11 is 1.58. The number of hydrogen-bond acceptors (Lipinski definition) is 6. The number of amides is 1. The van der Waals surface area contributed by atoms with Gasteiger partial charge in [-0.05, 0) is 31.0 Å². The maximum Gasteiger partial charge on any atom is 0.251 e. The molecule has 0 aliphatic carbocycles. The highest BCUT2D eigenvalue weighted by atomic mass is 32.2. The molecule has 1 aromatic heterocycles. The molecule has 1 amide bonds. The number of benzene rings is 1. The van der Waals surface area contributed by atoms with Gasteiger partial charge in [-0.25, -0.2) is 9.97 Å². The van der Waals surface area contributed by atoms with Gasteiger partial charge in [-0.1, -0.05) is 30.8 Å². The molecule has 0 aliphatic rings. The molecule has 27 heavy (non-hydrogen) atoms. The minimum absolute atomic E-state index is 0.0887.